The van der Waals surface area contributed by atoms with Crippen molar-refractivity contribution in [2.24, 2.45) is 0 Å². The number of ether oxygens (including phenoxy) is 1. The lowest BCUT2D eigenvalue weighted by Crippen LogP contribution is -2.39. The molecule has 0 bridgehead atoms. The molecule has 1 atom stereocenters. The third kappa shape index (κ3) is 4.63. The summed E-state index contributed by atoms with van der Waals surface area (Å²) in [4.78, 5) is 24.3. The number of amides is 1. The zero-order chi connectivity index (χ0) is 23.5. The van der Waals surface area contributed by atoms with Gasteiger partial charge in [-0.3, -0.25) is 9.36 Å². The molecule has 2 aromatic carbocycles. The standard InChI is InChI=1S/C25H23FN6O2/c1-17-12-23(34-22-10-3-2-9-21(22)26)30-24(29-17)19-7-5-11-31(14-19)25(33)18-6-4-8-20(13-18)32-15-27-28-16-32/h2-4,6,8-10,12-13,15-16,19H,5,7,11,14H2,1H3/t19-/m1/s1. The van der Waals surface area contributed by atoms with Crippen LogP contribution < -0.4 is 4.74 Å². The number of para-hydroxylation sites is 1. The van der Waals surface area contributed by atoms with E-state index >= 15 is 0 Å². The van der Waals surface area contributed by atoms with Crippen LogP contribution in [0.4, 0.5) is 4.39 Å². The lowest BCUT2D eigenvalue weighted by atomic mass is 9.96. The average Bonchev–Trinajstić information content (AvgIpc) is 3.40. The number of rotatable bonds is 5. The van der Waals surface area contributed by atoms with E-state index in [2.05, 4.69) is 20.2 Å². The van der Waals surface area contributed by atoms with Crippen LogP contribution in [-0.2, 0) is 0 Å². The first kappa shape index (κ1) is 21.7. The Labute approximate surface area is 196 Å². The summed E-state index contributed by atoms with van der Waals surface area (Å²) >= 11 is 0. The van der Waals surface area contributed by atoms with Gasteiger partial charge in [0.15, 0.2) is 11.6 Å². The molecular weight excluding hydrogens is 435 g/mol. The minimum Gasteiger partial charge on any atom is -0.436 e. The molecule has 34 heavy (non-hydrogen) atoms. The number of benzene rings is 2. The topological polar surface area (TPSA) is 86.0 Å². The van der Waals surface area contributed by atoms with Gasteiger partial charge in [0, 0.05) is 42.0 Å². The second-order valence-corrected chi connectivity index (χ2v) is 8.25. The quantitative estimate of drug-likeness (QED) is 0.443. The SMILES string of the molecule is Cc1cc(Oc2ccccc2F)nc([C@@H]2CCCN(C(=O)c3cccc(-n4cnnc4)c3)C2)n1. The van der Waals surface area contributed by atoms with E-state index in [4.69, 9.17) is 4.74 Å². The predicted molar refractivity (Wildman–Crippen MR) is 122 cm³/mol. The Kier molecular flexibility index (Phi) is 5.99. The molecule has 5 rings (SSSR count). The van der Waals surface area contributed by atoms with Gasteiger partial charge in [-0.15, -0.1) is 10.2 Å². The van der Waals surface area contributed by atoms with E-state index in [0.29, 0.717) is 24.5 Å². The number of halogens is 1. The molecule has 0 unspecified atom stereocenters. The van der Waals surface area contributed by atoms with Gasteiger partial charge in [-0.1, -0.05) is 18.2 Å². The summed E-state index contributed by atoms with van der Waals surface area (Å²) < 4.78 is 21.5. The molecule has 1 saturated heterocycles. The molecule has 8 nitrogen and oxygen atoms in total. The zero-order valence-corrected chi connectivity index (χ0v) is 18.6. The van der Waals surface area contributed by atoms with Crippen molar-refractivity contribution in [3.8, 4) is 17.3 Å². The van der Waals surface area contributed by atoms with Gasteiger partial charge in [0.2, 0.25) is 5.88 Å². The Bertz CT molecular complexity index is 1310. The number of hydrogen-bond donors (Lipinski definition) is 0. The zero-order valence-electron chi connectivity index (χ0n) is 18.6. The Morgan fingerprint density at radius 2 is 1.88 bits per heavy atom. The van der Waals surface area contributed by atoms with Crippen LogP contribution in [0.3, 0.4) is 0 Å². The number of nitrogens with zero attached hydrogens (tertiary/aromatic N) is 6. The first-order valence-electron chi connectivity index (χ1n) is 11.1. The molecule has 3 heterocycles. The molecule has 0 N–H and O–H groups in total. The van der Waals surface area contributed by atoms with Gasteiger partial charge in [-0.05, 0) is 50.1 Å². The molecule has 0 saturated carbocycles. The Morgan fingerprint density at radius 1 is 1.06 bits per heavy atom. The first-order chi connectivity index (χ1) is 16.6. The Balaban J connectivity index is 1.34. The summed E-state index contributed by atoms with van der Waals surface area (Å²) in [6.07, 6.45) is 4.88. The second kappa shape index (κ2) is 9.38. The van der Waals surface area contributed by atoms with Gasteiger partial charge in [-0.2, -0.15) is 4.98 Å². The van der Waals surface area contributed by atoms with Crippen molar-refractivity contribution < 1.29 is 13.9 Å². The molecule has 0 radical (unpaired) electrons. The molecule has 1 aliphatic rings. The van der Waals surface area contributed by atoms with Crippen molar-refractivity contribution in [3.63, 3.8) is 0 Å². The van der Waals surface area contributed by atoms with Crippen molar-refractivity contribution in [2.45, 2.75) is 25.7 Å². The van der Waals surface area contributed by atoms with Crippen molar-refractivity contribution in [1.82, 2.24) is 29.6 Å². The number of likely N-dealkylation sites (tertiary alicyclic amines) is 1. The van der Waals surface area contributed by atoms with E-state index in [-0.39, 0.29) is 23.5 Å². The molecule has 2 aromatic heterocycles. The smallest absolute Gasteiger partial charge is 0.253 e. The summed E-state index contributed by atoms with van der Waals surface area (Å²) in [6.45, 7) is 3.01. The van der Waals surface area contributed by atoms with E-state index in [1.807, 2.05) is 36.1 Å². The van der Waals surface area contributed by atoms with Crippen LogP contribution in [0.1, 0.15) is 40.6 Å². The number of aryl methyl sites for hydroxylation is 1. The van der Waals surface area contributed by atoms with Crippen LogP contribution in [0.25, 0.3) is 5.69 Å². The van der Waals surface area contributed by atoms with E-state index in [1.165, 1.54) is 6.07 Å². The first-order valence-corrected chi connectivity index (χ1v) is 11.1. The van der Waals surface area contributed by atoms with E-state index < -0.39 is 5.82 Å². The van der Waals surface area contributed by atoms with Gasteiger partial charge in [0.25, 0.3) is 5.91 Å². The summed E-state index contributed by atoms with van der Waals surface area (Å²) in [5.41, 5.74) is 2.14. The molecule has 1 aliphatic heterocycles. The summed E-state index contributed by atoms with van der Waals surface area (Å²) in [6, 6.07) is 15.3. The molecule has 172 valence electrons. The van der Waals surface area contributed by atoms with Crippen molar-refractivity contribution >= 4 is 5.91 Å². The van der Waals surface area contributed by atoms with Crippen molar-refractivity contribution in [3.05, 3.63) is 90.2 Å². The van der Waals surface area contributed by atoms with Crippen LogP contribution in [0, 0.1) is 12.7 Å². The third-order valence-electron chi connectivity index (χ3n) is 5.78. The second-order valence-electron chi connectivity index (χ2n) is 8.25. The number of carbonyl (C=O) groups is 1. The summed E-state index contributed by atoms with van der Waals surface area (Å²) in [5, 5.41) is 7.65. The lowest BCUT2D eigenvalue weighted by molar-refractivity contribution is 0.0704. The lowest BCUT2D eigenvalue weighted by Gasteiger charge is -2.32. The van der Waals surface area contributed by atoms with Gasteiger partial charge in [-0.25, -0.2) is 9.37 Å². The van der Waals surface area contributed by atoms with Crippen molar-refractivity contribution in [1.29, 1.82) is 0 Å². The van der Waals surface area contributed by atoms with Gasteiger partial charge in [0.1, 0.15) is 18.5 Å². The largest absolute Gasteiger partial charge is 0.436 e. The summed E-state index contributed by atoms with van der Waals surface area (Å²) in [7, 11) is 0. The maximum absolute atomic E-state index is 14.0. The van der Waals surface area contributed by atoms with Gasteiger partial charge >= 0.3 is 0 Å². The highest BCUT2D eigenvalue weighted by molar-refractivity contribution is 5.94. The van der Waals surface area contributed by atoms with E-state index in [9.17, 15) is 9.18 Å². The molecule has 1 fully saturated rings. The molecule has 1 amide bonds. The molecule has 9 heteroatoms. The minimum atomic E-state index is -0.455. The fourth-order valence-electron chi connectivity index (χ4n) is 4.13. The van der Waals surface area contributed by atoms with Gasteiger partial charge in [0.05, 0.1) is 0 Å². The van der Waals surface area contributed by atoms with Crippen molar-refractivity contribution in [2.75, 3.05) is 13.1 Å². The highest BCUT2D eigenvalue weighted by atomic mass is 19.1. The van der Waals surface area contributed by atoms with E-state index in [1.54, 1.807) is 41.5 Å². The number of hydrogen-bond acceptors (Lipinski definition) is 6. The third-order valence-corrected chi connectivity index (χ3v) is 5.78. The average molecular weight is 458 g/mol. The van der Waals surface area contributed by atoms with Crippen LogP contribution in [0.5, 0.6) is 11.6 Å². The number of piperidine rings is 1. The molecule has 0 spiro atoms. The van der Waals surface area contributed by atoms with E-state index in [0.717, 1.165) is 24.2 Å². The van der Waals surface area contributed by atoms with Crippen LogP contribution in [0.2, 0.25) is 0 Å². The Hall–Kier alpha value is -4.14. The highest BCUT2D eigenvalue weighted by Gasteiger charge is 2.28. The number of aromatic nitrogens is 5. The molecule has 4 aromatic rings. The maximum atomic E-state index is 14.0. The normalized spacial score (nSPS) is 15.8. The maximum Gasteiger partial charge on any atom is 0.253 e. The fraction of sp³-hybridized carbons (Fsp3) is 0.240. The summed E-state index contributed by atoms with van der Waals surface area (Å²) in [5.74, 6) is 0.458. The molecular formula is C25H23FN6O2. The van der Waals surface area contributed by atoms with Crippen LogP contribution >= 0.6 is 0 Å². The molecule has 0 aliphatic carbocycles. The fourth-order valence-corrected chi connectivity index (χ4v) is 4.13. The monoisotopic (exact) mass is 458 g/mol. The van der Waals surface area contributed by atoms with Crippen LogP contribution in [-0.4, -0.2) is 48.6 Å². The number of carbonyl (C=O) groups excluding carboxylic acids is 1. The van der Waals surface area contributed by atoms with Gasteiger partial charge < -0.3 is 9.64 Å². The Morgan fingerprint density at radius 3 is 2.71 bits per heavy atom. The minimum absolute atomic E-state index is 0.0402. The van der Waals surface area contributed by atoms with Crippen LogP contribution in [0.15, 0.2) is 67.3 Å². The highest BCUT2D eigenvalue weighted by Crippen LogP contribution is 2.29. The predicted octanol–water partition coefficient (Wildman–Crippen LogP) is 4.32.